The highest BCUT2D eigenvalue weighted by Gasteiger charge is 1.99. The third-order valence-corrected chi connectivity index (χ3v) is 2.08. The Balaban J connectivity index is 2.22. The van der Waals surface area contributed by atoms with E-state index in [0.29, 0.717) is 17.2 Å². The molecule has 2 aromatic heterocycles. The van der Waals surface area contributed by atoms with E-state index in [2.05, 4.69) is 25.9 Å². The van der Waals surface area contributed by atoms with Crippen molar-refractivity contribution >= 4 is 21.6 Å². The van der Waals surface area contributed by atoms with Gasteiger partial charge in [0.1, 0.15) is 11.5 Å². The number of halogens is 1. The molecule has 0 aliphatic carbocycles. The second-order valence-electron chi connectivity index (χ2n) is 2.89. The van der Waals surface area contributed by atoms with E-state index < -0.39 is 0 Å². The maximum atomic E-state index is 5.57. The fourth-order valence-corrected chi connectivity index (χ4v) is 1.42. The average molecular weight is 266 g/mol. The summed E-state index contributed by atoms with van der Waals surface area (Å²) in [5.74, 6) is 1.23. The van der Waals surface area contributed by atoms with Gasteiger partial charge in [-0.15, -0.1) is 0 Å². The lowest BCUT2D eigenvalue weighted by Gasteiger charge is -2.05. The number of pyridine rings is 2. The number of ether oxygens (including phenoxy) is 1. The summed E-state index contributed by atoms with van der Waals surface area (Å²) in [5, 5.41) is 0. The van der Waals surface area contributed by atoms with Crippen molar-refractivity contribution in [2.45, 2.75) is 0 Å². The molecule has 4 nitrogen and oxygen atoms in total. The summed E-state index contributed by atoms with van der Waals surface area (Å²) in [4.78, 5) is 7.90. The normalized spacial score (nSPS) is 9.93. The van der Waals surface area contributed by atoms with Crippen LogP contribution in [0.25, 0.3) is 0 Å². The molecule has 0 unspecified atom stereocenters. The molecule has 0 aromatic carbocycles. The fourth-order valence-electron chi connectivity index (χ4n) is 1.08. The van der Waals surface area contributed by atoms with Crippen LogP contribution in [0.15, 0.2) is 41.4 Å². The van der Waals surface area contributed by atoms with Crippen molar-refractivity contribution < 1.29 is 4.74 Å². The van der Waals surface area contributed by atoms with Crippen LogP contribution in [0.1, 0.15) is 0 Å². The van der Waals surface area contributed by atoms with E-state index in [1.807, 2.05) is 6.07 Å². The smallest absolute Gasteiger partial charge is 0.147 e. The van der Waals surface area contributed by atoms with E-state index in [9.17, 15) is 0 Å². The van der Waals surface area contributed by atoms with E-state index in [0.717, 1.165) is 4.47 Å². The summed E-state index contributed by atoms with van der Waals surface area (Å²) in [6.07, 6.45) is 6.46. The zero-order chi connectivity index (χ0) is 10.7. The summed E-state index contributed by atoms with van der Waals surface area (Å²) in [6, 6.07) is 3.52. The molecule has 0 saturated carbocycles. The summed E-state index contributed by atoms with van der Waals surface area (Å²) < 4.78 is 6.36. The zero-order valence-corrected chi connectivity index (χ0v) is 9.31. The van der Waals surface area contributed by atoms with E-state index in [-0.39, 0.29) is 0 Å². The Morgan fingerprint density at radius 3 is 2.33 bits per heavy atom. The molecule has 0 fully saturated rings. The third-order valence-electron chi connectivity index (χ3n) is 1.65. The molecule has 76 valence electrons. The molecule has 2 heterocycles. The molecule has 0 saturated heterocycles. The molecule has 0 amide bonds. The second-order valence-corrected chi connectivity index (χ2v) is 3.81. The Labute approximate surface area is 95.2 Å². The molecule has 0 bridgehead atoms. The molecule has 0 aliphatic heterocycles. The van der Waals surface area contributed by atoms with Crippen molar-refractivity contribution in [3.05, 3.63) is 41.4 Å². The van der Waals surface area contributed by atoms with Gasteiger partial charge in [-0.1, -0.05) is 0 Å². The van der Waals surface area contributed by atoms with Crippen molar-refractivity contribution in [3.8, 4) is 11.5 Å². The second kappa shape index (κ2) is 4.27. The van der Waals surface area contributed by atoms with Gasteiger partial charge in [0.25, 0.3) is 0 Å². The third kappa shape index (κ3) is 2.66. The van der Waals surface area contributed by atoms with Crippen molar-refractivity contribution in [2.75, 3.05) is 5.73 Å². The highest BCUT2D eigenvalue weighted by Crippen LogP contribution is 2.23. The quantitative estimate of drug-likeness (QED) is 0.907. The molecule has 15 heavy (non-hydrogen) atoms. The van der Waals surface area contributed by atoms with Gasteiger partial charge < -0.3 is 10.5 Å². The van der Waals surface area contributed by atoms with Gasteiger partial charge in [-0.25, -0.2) is 0 Å². The van der Waals surface area contributed by atoms with Crippen molar-refractivity contribution in [1.29, 1.82) is 0 Å². The Bertz CT molecular complexity index is 432. The Kier molecular flexibility index (Phi) is 2.82. The van der Waals surface area contributed by atoms with Crippen molar-refractivity contribution in [2.24, 2.45) is 0 Å². The highest BCUT2D eigenvalue weighted by atomic mass is 79.9. The molecule has 0 spiro atoms. The summed E-state index contributed by atoms with van der Waals surface area (Å²) in [5.41, 5.74) is 6.14. The summed E-state index contributed by atoms with van der Waals surface area (Å²) >= 11 is 3.31. The van der Waals surface area contributed by atoms with Gasteiger partial charge in [-0.05, 0) is 22.0 Å². The number of nitrogens with two attached hydrogens (primary N) is 1. The van der Waals surface area contributed by atoms with Crippen LogP contribution >= 0.6 is 15.9 Å². The van der Waals surface area contributed by atoms with Crippen molar-refractivity contribution in [3.63, 3.8) is 0 Å². The van der Waals surface area contributed by atoms with E-state index >= 15 is 0 Å². The van der Waals surface area contributed by atoms with Crippen molar-refractivity contribution in [1.82, 2.24) is 9.97 Å². The summed E-state index contributed by atoms with van der Waals surface area (Å²) in [6.45, 7) is 0. The van der Waals surface area contributed by atoms with Gasteiger partial charge in [0, 0.05) is 16.7 Å². The van der Waals surface area contributed by atoms with Crippen LogP contribution in [-0.2, 0) is 0 Å². The lowest BCUT2D eigenvalue weighted by Crippen LogP contribution is -1.90. The lowest BCUT2D eigenvalue weighted by molar-refractivity contribution is 0.478. The minimum Gasteiger partial charge on any atom is -0.454 e. The first-order valence-electron chi connectivity index (χ1n) is 4.23. The van der Waals surface area contributed by atoms with Crippen LogP contribution in [0.3, 0.4) is 0 Å². The fraction of sp³-hybridized carbons (Fsp3) is 0. The first-order chi connectivity index (χ1) is 7.24. The first-order valence-corrected chi connectivity index (χ1v) is 5.02. The predicted molar refractivity (Wildman–Crippen MR) is 60.7 cm³/mol. The zero-order valence-electron chi connectivity index (χ0n) is 7.72. The largest absolute Gasteiger partial charge is 0.454 e. The number of nitrogens with zero attached hydrogens (tertiary/aromatic N) is 2. The molecule has 0 aliphatic rings. The predicted octanol–water partition coefficient (Wildman–Crippen LogP) is 2.61. The number of nitrogen functional groups attached to an aromatic ring is 1. The van der Waals surface area contributed by atoms with Gasteiger partial charge in [0.05, 0.1) is 24.3 Å². The summed E-state index contributed by atoms with van der Waals surface area (Å²) in [7, 11) is 0. The number of hydrogen-bond donors (Lipinski definition) is 1. The molecule has 2 aromatic rings. The van der Waals surface area contributed by atoms with Gasteiger partial charge in [-0.3, -0.25) is 9.97 Å². The average Bonchev–Trinajstić information content (AvgIpc) is 2.17. The molecule has 0 radical (unpaired) electrons. The Hall–Kier alpha value is -1.62. The first kappa shape index (κ1) is 9.92. The molecular weight excluding hydrogens is 258 g/mol. The van der Waals surface area contributed by atoms with E-state index in [1.165, 1.54) is 0 Å². The van der Waals surface area contributed by atoms with Crippen LogP contribution in [0, 0.1) is 0 Å². The lowest BCUT2D eigenvalue weighted by atomic mass is 10.4. The minimum absolute atomic E-state index is 0.565. The molecule has 0 atom stereocenters. The highest BCUT2D eigenvalue weighted by molar-refractivity contribution is 9.10. The number of anilines is 1. The molecule has 5 heteroatoms. The van der Waals surface area contributed by atoms with E-state index in [1.54, 1.807) is 30.9 Å². The maximum absolute atomic E-state index is 5.57. The van der Waals surface area contributed by atoms with Crippen LogP contribution in [0.2, 0.25) is 0 Å². The SMILES string of the molecule is Nc1cncc(Oc2cncc(Br)c2)c1. The standard InChI is InChI=1S/C10H8BrN3O/c11-7-1-9(5-13-3-7)15-10-2-8(12)4-14-6-10/h1-6H,12H2. The Morgan fingerprint density at radius 2 is 1.67 bits per heavy atom. The number of rotatable bonds is 2. The minimum atomic E-state index is 0.565. The van der Waals surface area contributed by atoms with E-state index in [4.69, 9.17) is 10.5 Å². The molecule has 2 N–H and O–H groups in total. The van der Waals surface area contributed by atoms with Crippen LogP contribution in [-0.4, -0.2) is 9.97 Å². The molecule has 2 rings (SSSR count). The topological polar surface area (TPSA) is 61.0 Å². The maximum Gasteiger partial charge on any atom is 0.147 e. The Morgan fingerprint density at radius 1 is 1.00 bits per heavy atom. The number of aromatic nitrogens is 2. The monoisotopic (exact) mass is 265 g/mol. The van der Waals surface area contributed by atoms with Gasteiger partial charge >= 0.3 is 0 Å². The van der Waals surface area contributed by atoms with Crippen LogP contribution < -0.4 is 10.5 Å². The van der Waals surface area contributed by atoms with Crippen LogP contribution in [0.5, 0.6) is 11.5 Å². The van der Waals surface area contributed by atoms with Gasteiger partial charge in [0.2, 0.25) is 0 Å². The molecular formula is C10H8BrN3O. The van der Waals surface area contributed by atoms with Crippen LogP contribution in [0.4, 0.5) is 5.69 Å². The van der Waals surface area contributed by atoms with Gasteiger partial charge in [-0.2, -0.15) is 0 Å². The number of hydrogen-bond acceptors (Lipinski definition) is 4. The van der Waals surface area contributed by atoms with Gasteiger partial charge in [0.15, 0.2) is 0 Å².